The van der Waals surface area contributed by atoms with Gasteiger partial charge in [-0.25, -0.2) is 13.2 Å². The summed E-state index contributed by atoms with van der Waals surface area (Å²) in [4.78, 5) is 21.6. The number of esters is 2. The normalized spacial score (nSPS) is 12.4. The number of quaternary nitrogens is 1. The van der Waals surface area contributed by atoms with Crippen molar-refractivity contribution >= 4 is 22.1 Å². The van der Waals surface area contributed by atoms with E-state index >= 15 is 0 Å². The number of nitrogens with zero attached hydrogens (tertiary/aromatic N) is 1. The molecule has 1 aromatic rings. The van der Waals surface area contributed by atoms with Gasteiger partial charge >= 0.3 is 11.9 Å². The maximum absolute atomic E-state index is 11.3. The highest BCUT2D eigenvalue weighted by Crippen LogP contribution is 2.08. The van der Waals surface area contributed by atoms with E-state index in [1.165, 1.54) is 26.0 Å². The Labute approximate surface area is 155 Å². The third kappa shape index (κ3) is 11.6. The molecule has 0 N–H and O–H groups in total. The van der Waals surface area contributed by atoms with Gasteiger partial charge in [-0.1, -0.05) is 17.7 Å². The minimum absolute atomic E-state index is 0.178. The summed E-state index contributed by atoms with van der Waals surface area (Å²) in [6.07, 6.45) is -0.824. The van der Waals surface area contributed by atoms with Crippen LogP contribution in [-0.2, 0) is 29.2 Å². The standard InChI is InChI=1S/C10H20NO4.C7H8O3S/c1-8(15-9(2)12)10(13)14-7-6-11(3,4)5;1-6-2-4-7(5-3-6)11(8,9)10/h8H,6-7H2,1-5H3;2-5H,1H3,(H,8,9,10)/q+1;/p-1. The fourth-order valence-electron chi connectivity index (χ4n) is 1.54. The Morgan fingerprint density at radius 2 is 1.65 bits per heavy atom. The van der Waals surface area contributed by atoms with Crippen molar-refractivity contribution in [2.45, 2.75) is 31.8 Å². The summed E-state index contributed by atoms with van der Waals surface area (Å²) >= 11 is 0. The van der Waals surface area contributed by atoms with Crippen LogP contribution in [0.25, 0.3) is 0 Å². The number of ether oxygens (including phenoxy) is 2. The van der Waals surface area contributed by atoms with Gasteiger partial charge in [-0.2, -0.15) is 0 Å². The van der Waals surface area contributed by atoms with Crippen LogP contribution in [0.5, 0.6) is 0 Å². The maximum Gasteiger partial charge on any atom is 0.347 e. The van der Waals surface area contributed by atoms with Crippen molar-refractivity contribution in [3.63, 3.8) is 0 Å². The molecule has 1 unspecified atom stereocenters. The van der Waals surface area contributed by atoms with Gasteiger partial charge in [0.05, 0.1) is 26.0 Å². The lowest BCUT2D eigenvalue weighted by Gasteiger charge is -2.23. The van der Waals surface area contributed by atoms with Gasteiger partial charge in [0.2, 0.25) is 0 Å². The number of carbonyl (C=O) groups excluding carboxylic acids is 2. The summed E-state index contributed by atoms with van der Waals surface area (Å²) in [5, 5.41) is 0. The first-order chi connectivity index (χ1) is 11.7. The summed E-state index contributed by atoms with van der Waals surface area (Å²) in [6.45, 7) is 5.62. The molecule has 0 heterocycles. The quantitative estimate of drug-likeness (QED) is 0.407. The molecule has 0 saturated carbocycles. The van der Waals surface area contributed by atoms with E-state index in [4.69, 9.17) is 4.74 Å². The molecule has 1 atom stereocenters. The second kappa shape index (κ2) is 10.2. The molecule has 0 aromatic heterocycles. The average molecular weight is 389 g/mol. The topological polar surface area (TPSA) is 110 Å². The Morgan fingerprint density at radius 3 is 2.04 bits per heavy atom. The second-order valence-electron chi connectivity index (χ2n) is 6.70. The summed E-state index contributed by atoms with van der Waals surface area (Å²) < 4.78 is 41.5. The van der Waals surface area contributed by atoms with Gasteiger partial charge in [-0.3, -0.25) is 4.79 Å². The Balaban J connectivity index is 0.000000502. The Kier molecular flexibility index (Phi) is 9.47. The molecule has 26 heavy (non-hydrogen) atoms. The number of benzene rings is 1. The van der Waals surface area contributed by atoms with E-state index in [2.05, 4.69) is 4.74 Å². The van der Waals surface area contributed by atoms with E-state index in [9.17, 15) is 22.6 Å². The molecule has 0 aliphatic heterocycles. The molecule has 9 heteroatoms. The monoisotopic (exact) mass is 389 g/mol. The largest absolute Gasteiger partial charge is 0.744 e. The van der Waals surface area contributed by atoms with Crippen molar-refractivity contribution in [3.05, 3.63) is 29.8 Å². The number of hydrogen-bond acceptors (Lipinski definition) is 7. The van der Waals surface area contributed by atoms with E-state index in [1.54, 1.807) is 12.1 Å². The molecular weight excluding hydrogens is 362 g/mol. The molecule has 1 rings (SSSR count). The molecule has 0 radical (unpaired) electrons. The van der Waals surface area contributed by atoms with Crippen molar-refractivity contribution in [3.8, 4) is 0 Å². The Morgan fingerprint density at radius 1 is 1.15 bits per heavy atom. The van der Waals surface area contributed by atoms with E-state index in [0.717, 1.165) is 16.6 Å². The average Bonchev–Trinajstić information content (AvgIpc) is 2.45. The molecule has 8 nitrogen and oxygen atoms in total. The summed E-state index contributed by atoms with van der Waals surface area (Å²) in [7, 11) is 1.74. The Bertz CT molecular complexity index is 691. The number of rotatable bonds is 6. The van der Waals surface area contributed by atoms with Crippen molar-refractivity contribution in [2.24, 2.45) is 0 Å². The van der Waals surface area contributed by atoms with Gasteiger partial charge in [-0.05, 0) is 26.0 Å². The van der Waals surface area contributed by atoms with E-state index < -0.39 is 28.2 Å². The lowest BCUT2D eigenvalue weighted by atomic mass is 10.2. The molecule has 148 valence electrons. The van der Waals surface area contributed by atoms with Gasteiger partial charge < -0.3 is 18.5 Å². The lowest BCUT2D eigenvalue weighted by molar-refractivity contribution is -0.870. The van der Waals surface area contributed by atoms with Crippen LogP contribution < -0.4 is 0 Å². The molecule has 1 aromatic carbocycles. The third-order valence-electron chi connectivity index (χ3n) is 2.99. The summed E-state index contributed by atoms with van der Waals surface area (Å²) in [6, 6.07) is 5.78. The fraction of sp³-hybridized carbons (Fsp3) is 0.529. The van der Waals surface area contributed by atoms with Crippen LogP contribution in [0.2, 0.25) is 0 Å². The van der Waals surface area contributed by atoms with E-state index in [-0.39, 0.29) is 4.90 Å². The maximum atomic E-state index is 11.3. The summed E-state index contributed by atoms with van der Waals surface area (Å²) in [5.41, 5.74) is 0.928. The van der Waals surface area contributed by atoms with Crippen molar-refractivity contribution < 1.29 is 36.5 Å². The highest BCUT2D eigenvalue weighted by atomic mass is 32.2. The van der Waals surface area contributed by atoms with E-state index in [1.807, 2.05) is 28.1 Å². The molecule has 0 aliphatic carbocycles. The van der Waals surface area contributed by atoms with Crippen molar-refractivity contribution in [1.82, 2.24) is 0 Å². The second-order valence-corrected chi connectivity index (χ2v) is 8.08. The molecule has 0 bridgehead atoms. The number of likely N-dealkylation sites (N-methyl/N-ethyl adjacent to an activating group) is 1. The predicted molar refractivity (Wildman–Crippen MR) is 94.2 cm³/mol. The highest BCUT2D eigenvalue weighted by molar-refractivity contribution is 7.85. The van der Waals surface area contributed by atoms with Crippen LogP contribution in [-0.4, -0.2) is 69.8 Å². The first-order valence-electron chi connectivity index (χ1n) is 7.89. The van der Waals surface area contributed by atoms with Crippen LogP contribution in [0.1, 0.15) is 19.4 Å². The summed E-state index contributed by atoms with van der Waals surface area (Å²) in [5.74, 6) is -0.982. The minimum atomic E-state index is -4.27. The third-order valence-corrected chi connectivity index (χ3v) is 3.84. The van der Waals surface area contributed by atoms with Crippen LogP contribution in [0.3, 0.4) is 0 Å². The van der Waals surface area contributed by atoms with Crippen molar-refractivity contribution in [2.75, 3.05) is 34.3 Å². The lowest BCUT2D eigenvalue weighted by Crippen LogP contribution is -2.38. The first kappa shape index (κ1) is 24.0. The molecule has 0 aliphatic rings. The van der Waals surface area contributed by atoms with Gasteiger partial charge in [0.1, 0.15) is 23.3 Å². The van der Waals surface area contributed by atoms with Gasteiger partial charge in [-0.15, -0.1) is 0 Å². The van der Waals surface area contributed by atoms with Gasteiger partial charge in [0.25, 0.3) is 0 Å². The molecule has 0 spiro atoms. The first-order valence-corrected chi connectivity index (χ1v) is 9.30. The highest BCUT2D eigenvalue weighted by Gasteiger charge is 2.18. The predicted octanol–water partition coefficient (Wildman–Crippen LogP) is 1.09. The SMILES string of the molecule is CC(=O)OC(C)C(=O)OCC[N+](C)(C)C.Cc1ccc(S(=O)(=O)[O-])cc1. The zero-order valence-electron chi connectivity index (χ0n) is 16.0. The van der Waals surface area contributed by atoms with Crippen LogP contribution >= 0.6 is 0 Å². The Hall–Kier alpha value is -1.97. The zero-order valence-corrected chi connectivity index (χ0v) is 16.8. The zero-order chi connectivity index (χ0) is 20.5. The number of hydrogen-bond donors (Lipinski definition) is 0. The van der Waals surface area contributed by atoms with Crippen LogP contribution in [0.15, 0.2) is 29.2 Å². The minimum Gasteiger partial charge on any atom is -0.744 e. The number of carbonyl (C=O) groups is 2. The van der Waals surface area contributed by atoms with Gasteiger partial charge in [0.15, 0.2) is 6.10 Å². The molecule has 0 saturated heterocycles. The van der Waals surface area contributed by atoms with Crippen molar-refractivity contribution in [1.29, 1.82) is 0 Å². The molecular formula is C17H27NO7S. The van der Waals surface area contributed by atoms with E-state index in [0.29, 0.717) is 6.61 Å². The smallest absolute Gasteiger partial charge is 0.347 e. The number of aryl methyl sites for hydroxylation is 1. The fourth-order valence-corrected chi connectivity index (χ4v) is 2.01. The molecule has 0 amide bonds. The van der Waals surface area contributed by atoms with Crippen LogP contribution in [0, 0.1) is 6.92 Å². The van der Waals surface area contributed by atoms with Crippen LogP contribution in [0.4, 0.5) is 0 Å². The molecule has 0 fully saturated rings. The van der Waals surface area contributed by atoms with Gasteiger partial charge in [0, 0.05) is 6.92 Å².